The summed E-state index contributed by atoms with van der Waals surface area (Å²) in [6.45, 7) is 2.08. The highest BCUT2D eigenvalue weighted by atomic mass is 35.5. The second kappa shape index (κ2) is 3.02. The largest absolute Gasteiger partial charge is 0.328 e. The lowest BCUT2D eigenvalue weighted by Gasteiger charge is -2.00. The number of thiophene rings is 1. The van der Waals surface area contributed by atoms with Gasteiger partial charge in [0, 0.05) is 10.9 Å². The van der Waals surface area contributed by atoms with Gasteiger partial charge in [-0.1, -0.05) is 11.6 Å². The molecule has 1 aliphatic rings. The quantitative estimate of drug-likeness (QED) is 0.783. The minimum Gasteiger partial charge on any atom is -0.328 e. The van der Waals surface area contributed by atoms with E-state index < -0.39 is 0 Å². The van der Waals surface area contributed by atoms with Gasteiger partial charge in [0.1, 0.15) is 0 Å². The van der Waals surface area contributed by atoms with Crippen LogP contribution >= 0.6 is 22.9 Å². The van der Waals surface area contributed by atoms with Crippen molar-refractivity contribution in [3.05, 3.63) is 21.3 Å². The van der Waals surface area contributed by atoms with Crippen LogP contribution < -0.4 is 5.73 Å². The number of rotatable bonds is 2. The summed E-state index contributed by atoms with van der Waals surface area (Å²) in [6.07, 6.45) is 1.24. The molecule has 0 bridgehead atoms. The summed E-state index contributed by atoms with van der Waals surface area (Å²) in [5.41, 5.74) is 5.80. The van der Waals surface area contributed by atoms with Crippen LogP contribution in [0.5, 0.6) is 0 Å². The van der Waals surface area contributed by atoms with E-state index in [-0.39, 0.29) is 0 Å². The lowest BCUT2D eigenvalue weighted by atomic mass is 10.2. The second-order valence-corrected chi connectivity index (χ2v) is 5.25. The van der Waals surface area contributed by atoms with Crippen LogP contribution in [0.4, 0.5) is 0 Å². The molecule has 1 saturated carbocycles. The van der Waals surface area contributed by atoms with E-state index in [0.717, 1.165) is 4.34 Å². The van der Waals surface area contributed by atoms with Crippen molar-refractivity contribution in [1.29, 1.82) is 0 Å². The molecule has 0 aliphatic heterocycles. The fraction of sp³-hybridized carbons (Fsp3) is 0.556. The van der Waals surface area contributed by atoms with Crippen LogP contribution in [0.15, 0.2) is 12.1 Å². The normalized spacial score (nSPS) is 30.2. The fourth-order valence-electron chi connectivity index (χ4n) is 1.65. The summed E-state index contributed by atoms with van der Waals surface area (Å²) < 4.78 is 0.889. The monoisotopic (exact) mass is 201 g/mol. The van der Waals surface area contributed by atoms with Gasteiger partial charge in [0.15, 0.2) is 0 Å². The number of nitrogens with two attached hydrogens (primary N) is 1. The van der Waals surface area contributed by atoms with Crippen LogP contribution in [0.2, 0.25) is 4.34 Å². The maximum absolute atomic E-state index is 5.85. The van der Waals surface area contributed by atoms with E-state index in [1.165, 1.54) is 11.3 Å². The molecule has 12 heavy (non-hydrogen) atoms. The highest BCUT2D eigenvalue weighted by molar-refractivity contribution is 7.16. The van der Waals surface area contributed by atoms with Gasteiger partial charge in [0.25, 0.3) is 0 Å². The summed E-state index contributed by atoms with van der Waals surface area (Å²) in [4.78, 5) is 1.40. The Morgan fingerprint density at radius 2 is 2.42 bits per heavy atom. The van der Waals surface area contributed by atoms with Crippen molar-refractivity contribution >= 4 is 22.9 Å². The third-order valence-electron chi connectivity index (χ3n) is 2.47. The summed E-state index contributed by atoms with van der Waals surface area (Å²) in [6, 6.07) is 4.42. The molecule has 2 N–H and O–H groups in total. The van der Waals surface area contributed by atoms with Gasteiger partial charge >= 0.3 is 0 Å². The molecule has 66 valence electrons. The molecule has 0 amide bonds. The highest BCUT2D eigenvalue weighted by Crippen LogP contribution is 2.51. The molecule has 1 aromatic rings. The van der Waals surface area contributed by atoms with Crippen LogP contribution in [0.25, 0.3) is 0 Å². The Balaban J connectivity index is 2.05. The third-order valence-corrected chi connectivity index (χ3v) is 3.84. The second-order valence-electron chi connectivity index (χ2n) is 3.51. The van der Waals surface area contributed by atoms with E-state index >= 15 is 0 Å². The molecule has 1 fully saturated rings. The molecule has 1 aromatic heterocycles. The standard InChI is InChI=1S/C9H12ClNS/c1-5(11)6-4-7(6)8-2-3-9(10)12-8/h2-3,5-7H,4,11H2,1H3. The zero-order chi connectivity index (χ0) is 8.72. The number of hydrogen-bond acceptors (Lipinski definition) is 2. The van der Waals surface area contributed by atoms with Gasteiger partial charge in [-0.05, 0) is 37.3 Å². The topological polar surface area (TPSA) is 26.0 Å². The Labute approximate surface area is 81.5 Å². The van der Waals surface area contributed by atoms with Crippen LogP contribution in [-0.2, 0) is 0 Å². The minimum absolute atomic E-state index is 0.330. The van der Waals surface area contributed by atoms with E-state index in [1.807, 2.05) is 6.07 Å². The van der Waals surface area contributed by atoms with Crippen LogP contribution in [0, 0.1) is 5.92 Å². The molecule has 1 heterocycles. The van der Waals surface area contributed by atoms with Crippen molar-refractivity contribution in [3.63, 3.8) is 0 Å². The predicted molar refractivity (Wildman–Crippen MR) is 53.8 cm³/mol. The lowest BCUT2D eigenvalue weighted by molar-refractivity contribution is 0.633. The molecule has 0 aromatic carbocycles. The molecule has 3 unspecified atom stereocenters. The van der Waals surface area contributed by atoms with E-state index in [2.05, 4.69) is 13.0 Å². The zero-order valence-electron chi connectivity index (χ0n) is 6.96. The van der Waals surface area contributed by atoms with Crippen molar-refractivity contribution in [2.24, 2.45) is 11.7 Å². The van der Waals surface area contributed by atoms with E-state index in [4.69, 9.17) is 17.3 Å². The smallest absolute Gasteiger partial charge is 0.0931 e. The summed E-state index contributed by atoms with van der Waals surface area (Å²) in [5.74, 6) is 1.39. The molecular formula is C9H12ClNS. The first-order chi connectivity index (χ1) is 5.68. The number of halogens is 1. The van der Waals surface area contributed by atoms with Crippen molar-refractivity contribution < 1.29 is 0 Å². The van der Waals surface area contributed by atoms with Gasteiger partial charge < -0.3 is 5.73 Å². The van der Waals surface area contributed by atoms with Crippen LogP contribution in [0.1, 0.15) is 24.1 Å². The summed E-state index contributed by atoms with van der Waals surface area (Å²) in [7, 11) is 0. The van der Waals surface area contributed by atoms with Gasteiger partial charge in [0.05, 0.1) is 4.34 Å². The lowest BCUT2D eigenvalue weighted by Crippen LogP contribution is -2.17. The van der Waals surface area contributed by atoms with Crippen LogP contribution in [0.3, 0.4) is 0 Å². The van der Waals surface area contributed by atoms with Gasteiger partial charge in [0.2, 0.25) is 0 Å². The molecule has 3 heteroatoms. The van der Waals surface area contributed by atoms with E-state index in [0.29, 0.717) is 17.9 Å². The zero-order valence-corrected chi connectivity index (χ0v) is 8.53. The van der Waals surface area contributed by atoms with Gasteiger partial charge in [-0.3, -0.25) is 0 Å². The van der Waals surface area contributed by atoms with Crippen molar-refractivity contribution in [2.75, 3.05) is 0 Å². The first-order valence-electron chi connectivity index (χ1n) is 4.19. The van der Waals surface area contributed by atoms with E-state index in [1.54, 1.807) is 11.3 Å². The minimum atomic E-state index is 0.330. The molecule has 3 atom stereocenters. The summed E-state index contributed by atoms with van der Waals surface area (Å²) in [5, 5.41) is 0. The average Bonchev–Trinajstić information content (AvgIpc) is 2.70. The molecule has 1 aliphatic carbocycles. The molecule has 0 spiro atoms. The van der Waals surface area contributed by atoms with Crippen molar-refractivity contribution in [3.8, 4) is 0 Å². The molecular weight excluding hydrogens is 190 g/mol. The van der Waals surface area contributed by atoms with Gasteiger partial charge in [-0.25, -0.2) is 0 Å². The first-order valence-corrected chi connectivity index (χ1v) is 5.38. The maximum Gasteiger partial charge on any atom is 0.0931 e. The molecule has 1 nitrogen and oxygen atoms in total. The number of hydrogen-bond donors (Lipinski definition) is 1. The van der Waals surface area contributed by atoms with Gasteiger partial charge in [-0.2, -0.15) is 0 Å². The molecule has 0 saturated heterocycles. The fourth-order valence-corrected chi connectivity index (χ4v) is 2.90. The third kappa shape index (κ3) is 1.51. The molecule has 0 radical (unpaired) electrons. The van der Waals surface area contributed by atoms with Crippen molar-refractivity contribution in [1.82, 2.24) is 0 Å². The highest BCUT2D eigenvalue weighted by Gasteiger charge is 2.41. The Morgan fingerprint density at radius 1 is 1.67 bits per heavy atom. The predicted octanol–water partition coefficient (Wildman–Crippen LogP) is 2.85. The Kier molecular flexibility index (Phi) is 2.15. The van der Waals surface area contributed by atoms with E-state index in [9.17, 15) is 0 Å². The Hall–Kier alpha value is -0.0500. The maximum atomic E-state index is 5.85. The summed E-state index contributed by atoms with van der Waals surface area (Å²) >= 11 is 7.54. The average molecular weight is 202 g/mol. The Bertz CT molecular complexity index is 282. The van der Waals surface area contributed by atoms with Crippen LogP contribution in [-0.4, -0.2) is 6.04 Å². The first kappa shape index (κ1) is 8.54. The molecule has 2 rings (SSSR count). The SMILES string of the molecule is CC(N)C1CC1c1ccc(Cl)s1. The van der Waals surface area contributed by atoms with Gasteiger partial charge in [-0.15, -0.1) is 11.3 Å². The Morgan fingerprint density at radius 3 is 2.83 bits per heavy atom. The van der Waals surface area contributed by atoms with Crippen molar-refractivity contribution in [2.45, 2.75) is 25.3 Å².